The van der Waals surface area contributed by atoms with E-state index in [-0.39, 0.29) is 12.1 Å². The Morgan fingerprint density at radius 1 is 1.26 bits per heavy atom. The zero-order valence-corrected chi connectivity index (χ0v) is 11.9. The number of aliphatic hydroxyl groups is 1. The van der Waals surface area contributed by atoms with Crippen molar-refractivity contribution >= 4 is 12.0 Å². The molecule has 0 saturated heterocycles. The summed E-state index contributed by atoms with van der Waals surface area (Å²) in [6, 6.07) is 5.81. The summed E-state index contributed by atoms with van der Waals surface area (Å²) in [6.45, 7) is -0.111. The Morgan fingerprint density at radius 3 is 2.52 bits per heavy atom. The molecule has 122 valence electrons. The molecular formula is C16H14F3NO3. The maximum Gasteiger partial charge on any atom is 0.416 e. The topological polar surface area (TPSA) is 62.5 Å². The number of carbonyl (C=O) groups is 1. The lowest BCUT2D eigenvalue weighted by molar-refractivity contribution is -0.137. The maximum atomic E-state index is 12.4. The number of aliphatic hydroxyl groups excluding tert-OH is 1. The normalized spacial score (nSPS) is 13.2. The van der Waals surface area contributed by atoms with Gasteiger partial charge in [-0.25, -0.2) is 0 Å². The number of hydrogen-bond donors (Lipinski definition) is 2. The predicted molar refractivity (Wildman–Crippen MR) is 77.2 cm³/mol. The van der Waals surface area contributed by atoms with Crippen molar-refractivity contribution in [2.45, 2.75) is 12.3 Å². The molecule has 0 aliphatic heterocycles. The molecule has 0 unspecified atom stereocenters. The van der Waals surface area contributed by atoms with Crippen LogP contribution < -0.4 is 5.32 Å². The van der Waals surface area contributed by atoms with Gasteiger partial charge >= 0.3 is 6.18 Å². The number of nitrogens with one attached hydrogen (secondary N) is 1. The first-order valence-corrected chi connectivity index (χ1v) is 6.69. The number of halogens is 3. The second-order valence-electron chi connectivity index (χ2n) is 4.77. The second-order valence-corrected chi connectivity index (χ2v) is 4.77. The van der Waals surface area contributed by atoms with E-state index in [9.17, 15) is 23.1 Å². The van der Waals surface area contributed by atoms with Crippen molar-refractivity contribution in [3.63, 3.8) is 0 Å². The first-order valence-electron chi connectivity index (χ1n) is 6.69. The molecule has 1 aromatic heterocycles. The molecule has 0 aliphatic rings. The Balaban J connectivity index is 1.87. The molecule has 2 rings (SSSR count). The molecule has 4 nitrogen and oxygen atoms in total. The SMILES string of the molecule is O=C(/C=C/c1ccoc1)NC[C@H](O)c1ccc(C(F)(F)F)cc1. The van der Waals surface area contributed by atoms with Gasteiger partial charge in [0.2, 0.25) is 5.91 Å². The fraction of sp³-hybridized carbons (Fsp3) is 0.188. The van der Waals surface area contributed by atoms with Gasteiger partial charge in [-0.3, -0.25) is 4.79 Å². The number of alkyl halides is 3. The van der Waals surface area contributed by atoms with Gasteiger partial charge in [-0.1, -0.05) is 12.1 Å². The van der Waals surface area contributed by atoms with Crippen LogP contribution in [0.2, 0.25) is 0 Å². The molecule has 0 spiro atoms. The van der Waals surface area contributed by atoms with E-state index in [1.165, 1.54) is 36.8 Å². The van der Waals surface area contributed by atoms with Crippen LogP contribution in [0.15, 0.2) is 53.4 Å². The zero-order valence-electron chi connectivity index (χ0n) is 11.9. The van der Waals surface area contributed by atoms with E-state index in [0.717, 1.165) is 12.1 Å². The first kappa shape index (κ1) is 16.8. The smallest absolute Gasteiger partial charge is 0.416 e. The molecule has 1 heterocycles. The molecule has 0 saturated carbocycles. The van der Waals surface area contributed by atoms with Gasteiger partial charge in [0.25, 0.3) is 0 Å². The van der Waals surface area contributed by atoms with E-state index in [1.807, 2.05) is 0 Å². The number of amides is 1. The average molecular weight is 325 g/mol. The lowest BCUT2D eigenvalue weighted by Crippen LogP contribution is -2.26. The van der Waals surface area contributed by atoms with E-state index < -0.39 is 23.8 Å². The van der Waals surface area contributed by atoms with Gasteiger partial charge in [0.1, 0.15) is 0 Å². The second kappa shape index (κ2) is 7.15. The van der Waals surface area contributed by atoms with Crippen molar-refractivity contribution in [2.24, 2.45) is 0 Å². The molecular weight excluding hydrogens is 311 g/mol. The van der Waals surface area contributed by atoms with E-state index >= 15 is 0 Å². The molecule has 1 amide bonds. The van der Waals surface area contributed by atoms with Gasteiger partial charge in [-0.05, 0) is 29.8 Å². The molecule has 7 heteroatoms. The number of carbonyl (C=O) groups excluding carboxylic acids is 1. The van der Waals surface area contributed by atoms with Gasteiger partial charge in [-0.2, -0.15) is 13.2 Å². The minimum absolute atomic E-state index is 0.111. The molecule has 0 bridgehead atoms. The van der Waals surface area contributed by atoms with Crippen LogP contribution in [0.1, 0.15) is 22.8 Å². The summed E-state index contributed by atoms with van der Waals surface area (Å²) in [5.41, 5.74) is 0.209. The number of furan rings is 1. The van der Waals surface area contributed by atoms with Gasteiger partial charge in [0.05, 0.1) is 24.2 Å². The summed E-state index contributed by atoms with van der Waals surface area (Å²) < 4.78 is 42.2. The highest BCUT2D eigenvalue weighted by Gasteiger charge is 2.30. The van der Waals surface area contributed by atoms with Gasteiger partial charge in [-0.15, -0.1) is 0 Å². The fourth-order valence-electron chi connectivity index (χ4n) is 1.81. The molecule has 1 atom stereocenters. The predicted octanol–water partition coefficient (Wildman–Crippen LogP) is 3.16. The molecule has 0 radical (unpaired) electrons. The van der Waals surface area contributed by atoms with Crippen molar-refractivity contribution in [1.82, 2.24) is 5.32 Å². The monoisotopic (exact) mass is 325 g/mol. The summed E-state index contributed by atoms with van der Waals surface area (Å²) in [4.78, 5) is 11.6. The molecule has 2 N–H and O–H groups in total. The molecule has 2 aromatic rings. The maximum absolute atomic E-state index is 12.4. The summed E-state index contributed by atoms with van der Waals surface area (Å²) in [5, 5.41) is 12.3. The summed E-state index contributed by atoms with van der Waals surface area (Å²) in [5.74, 6) is -0.433. The van der Waals surface area contributed by atoms with Crippen molar-refractivity contribution in [1.29, 1.82) is 0 Å². The quantitative estimate of drug-likeness (QED) is 0.830. The highest BCUT2D eigenvalue weighted by molar-refractivity contribution is 5.91. The standard InChI is InChI=1S/C16H14F3NO3/c17-16(18,19)13-4-2-12(3-5-13)14(21)9-20-15(22)6-1-11-7-8-23-10-11/h1-8,10,14,21H,9H2,(H,20,22)/b6-1+/t14-/m0/s1. The minimum Gasteiger partial charge on any atom is -0.472 e. The average Bonchev–Trinajstić information content (AvgIpc) is 3.03. The third-order valence-electron chi connectivity index (χ3n) is 3.06. The Bertz CT molecular complexity index is 661. The molecule has 0 aliphatic carbocycles. The lowest BCUT2D eigenvalue weighted by atomic mass is 10.1. The zero-order chi connectivity index (χ0) is 16.9. The Hall–Kier alpha value is -2.54. The fourth-order valence-corrected chi connectivity index (χ4v) is 1.81. The van der Waals surface area contributed by atoms with E-state index in [1.54, 1.807) is 6.07 Å². The third-order valence-corrected chi connectivity index (χ3v) is 3.06. The van der Waals surface area contributed by atoms with Crippen LogP contribution in [0.25, 0.3) is 6.08 Å². The highest BCUT2D eigenvalue weighted by Crippen LogP contribution is 2.29. The van der Waals surface area contributed by atoms with Crippen molar-refractivity contribution in [2.75, 3.05) is 6.54 Å². The number of hydrogen-bond acceptors (Lipinski definition) is 3. The number of rotatable bonds is 5. The van der Waals surface area contributed by atoms with Gasteiger partial charge in [0, 0.05) is 18.2 Å². The van der Waals surface area contributed by atoms with Crippen LogP contribution in [0.4, 0.5) is 13.2 Å². The summed E-state index contributed by atoms with van der Waals surface area (Å²) in [6.07, 6.45) is 0.208. The summed E-state index contributed by atoms with van der Waals surface area (Å²) >= 11 is 0. The Morgan fingerprint density at radius 2 is 1.96 bits per heavy atom. The van der Waals surface area contributed by atoms with Crippen LogP contribution in [-0.4, -0.2) is 17.6 Å². The van der Waals surface area contributed by atoms with Crippen LogP contribution in [0.5, 0.6) is 0 Å². The third kappa shape index (κ3) is 5.00. The molecule has 1 aromatic carbocycles. The van der Waals surface area contributed by atoms with Gasteiger partial charge in [0.15, 0.2) is 0 Å². The van der Waals surface area contributed by atoms with Crippen molar-refractivity contribution < 1.29 is 27.5 Å². The highest BCUT2D eigenvalue weighted by atomic mass is 19.4. The van der Waals surface area contributed by atoms with Crippen molar-refractivity contribution in [3.05, 3.63) is 65.6 Å². The Labute approximate surface area is 130 Å². The summed E-state index contributed by atoms with van der Waals surface area (Å²) in [7, 11) is 0. The lowest BCUT2D eigenvalue weighted by Gasteiger charge is -2.13. The van der Waals surface area contributed by atoms with Gasteiger partial charge < -0.3 is 14.8 Å². The number of benzene rings is 1. The van der Waals surface area contributed by atoms with E-state index in [0.29, 0.717) is 5.56 Å². The Kier molecular flexibility index (Phi) is 5.23. The molecule has 23 heavy (non-hydrogen) atoms. The minimum atomic E-state index is -4.42. The van der Waals surface area contributed by atoms with Crippen LogP contribution in [-0.2, 0) is 11.0 Å². The van der Waals surface area contributed by atoms with E-state index in [4.69, 9.17) is 4.42 Å². The van der Waals surface area contributed by atoms with Crippen LogP contribution in [0.3, 0.4) is 0 Å². The van der Waals surface area contributed by atoms with E-state index in [2.05, 4.69) is 5.32 Å². The largest absolute Gasteiger partial charge is 0.472 e. The van der Waals surface area contributed by atoms with Crippen LogP contribution >= 0.6 is 0 Å². The van der Waals surface area contributed by atoms with Crippen molar-refractivity contribution in [3.8, 4) is 0 Å². The van der Waals surface area contributed by atoms with Crippen LogP contribution in [0, 0.1) is 0 Å². The molecule has 0 fully saturated rings. The first-order chi connectivity index (χ1) is 10.9.